The monoisotopic (exact) mass is 262 g/mol. The van der Waals surface area contributed by atoms with Gasteiger partial charge in [0.25, 0.3) is 0 Å². The summed E-state index contributed by atoms with van der Waals surface area (Å²) in [5.41, 5.74) is 1.01. The van der Waals surface area contributed by atoms with E-state index in [-0.39, 0.29) is 19.0 Å². The summed E-state index contributed by atoms with van der Waals surface area (Å²) in [7, 11) is 1.52. The lowest BCUT2D eigenvalue weighted by atomic mass is 10.1. The van der Waals surface area contributed by atoms with Crippen molar-refractivity contribution < 1.29 is 14.2 Å². The van der Waals surface area contributed by atoms with Crippen molar-refractivity contribution in [1.82, 2.24) is 0 Å². The van der Waals surface area contributed by atoms with Crippen LogP contribution in [0.1, 0.15) is 11.1 Å². The summed E-state index contributed by atoms with van der Waals surface area (Å²) in [6.45, 7) is 0.184. The number of ether oxygens (including phenoxy) is 1. The van der Waals surface area contributed by atoms with E-state index in [9.17, 15) is 4.39 Å². The van der Waals surface area contributed by atoms with Gasteiger partial charge >= 0.3 is 0 Å². The number of hydrogen-bond acceptors (Lipinski definition) is 2. The maximum atomic E-state index is 13.6. The molecule has 1 rings (SSSR count). The van der Waals surface area contributed by atoms with Crippen LogP contribution in [0.2, 0.25) is 0 Å². The van der Waals surface area contributed by atoms with Crippen molar-refractivity contribution in [3.63, 3.8) is 0 Å². The molecule has 14 heavy (non-hydrogen) atoms. The topological polar surface area (TPSA) is 29.5 Å². The third-order valence-electron chi connectivity index (χ3n) is 1.87. The Morgan fingerprint density at radius 1 is 1.43 bits per heavy atom. The summed E-state index contributed by atoms with van der Waals surface area (Å²) in [6, 6.07) is 3.35. The summed E-state index contributed by atoms with van der Waals surface area (Å²) in [5, 5.41) is 8.74. The van der Waals surface area contributed by atoms with E-state index in [1.54, 1.807) is 12.1 Å². The zero-order valence-corrected chi connectivity index (χ0v) is 9.47. The number of benzene rings is 1. The molecule has 0 radical (unpaired) electrons. The maximum absolute atomic E-state index is 13.6. The van der Waals surface area contributed by atoms with E-state index < -0.39 is 0 Å². The first kappa shape index (κ1) is 11.6. The largest absolute Gasteiger partial charge is 0.396 e. The van der Waals surface area contributed by atoms with Crippen LogP contribution in [0.4, 0.5) is 4.39 Å². The second kappa shape index (κ2) is 5.44. The van der Waals surface area contributed by atoms with Crippen molar-refractivity contribution in [2.75, 3.05) is 13.7 Å². The summed E-state index contributed by atoms with van der Waals surface area (Å²) >= 11 is 3.28. The molecule has 4 heteroatoms. The Balaban J connectivity index is 3.04. The standard InChI is InChI=1S/C10H12BrFO2/c1-14-6-8-5-9(11)4-7(2-3-13)10(8)12/h4-5,13H,2-3,6H2,1H3. The van der Waals surface area contributed by atoms with Crippen molar-refractivity contribution in [2.45, 2.75) is 13.0 Å². The molecule has 0 aliphatic heterocycles. The fraction of sp³-hybridized carbons (Fsp3) is 0.400. The average Bonchev–Trinajstić information content (AvgIpc) is 2.14. The van der Waals surface area contributed by atoms with Gasteiger partial charge in [0.05, 0.1) is 6.61 Å². The molecule has 2 nitrogen and oxygen atoms in total. The van der Waals surface area contributed by atoms with E-state index in [1.165, 1.54) is 7.11 Å². The van der Waals surface area contributed by atoms with Crippen LogP contribution in [-0.4, -0.2) is 18.8 Å². The molecule has 1 N–H and O–H groups in total. The molecule has 1 aromatic carbocycles. The number of halogens is 2. The molecular weight excluding hydrogens is 251 g/mol. The van der Waals surface area contributed by atoms with Gasteiger partial charge in [0.1, 0.15) is 5.82 Å². The van der Waals surface area contributed by atoms with Gasteiger partial charge in [-0.15, -0.1) is 0 Å². The third kappa shape index (κ3) is 2.77. The van der Waals surface area contributed by atoms with Crippen LogP contribution in [0, 0.1) is 5.82 Å². The Bertz CT molecular complexity index is 288. The van der Waals surface area contributed by atoms with E-state index in [1.807, 2.05) is 0 Å². The van der Waals surface area contributed by atoms with Crippen molar-refractivity contribution in [1.29, 1.82) is 0 Å². The van der Waals surface area contributed by atoms with Gasteiger partial charge in [0.2, 0.25) is 0 Å². The van der Waals surface area contributed by atoms with Crippen LogP contribution < -0.4 is 0 Å². The molecule has 0 atom stereocenters. The van der Waals surface area contributed by atoms with Gasteiger partial charge in [-0.2, -0.15) is 0 Å². The zero-order valence-electron chi connectivity index (χ0n) is 7.89. The van der Waals surface area contributed by atoms with Crippen LogP contribution >= 0.6 is 15.9 Å². The quantitative estimate of drug-likeness (QED) is 0.902. The number of hydrogen-bond donors (Lipinski definition) is 1. The highest BCUT2D eigenvalue weighted by atomic mass is 79.9. The van der Waals surface area contributed by atoms with Gasteiger partial charge in [-0.3, -0.25) is 0 Å². The molecule has 0 saturated carbocycles. The summed E-state index contributed by atoms with van der Waals surface area (Å²) in [5.74, 6) is -0.288. The Morgan fingerprint density at radius 3 is 2.64 bits per heavy atom. The second-order valence-electron chi connectivity index (χ2n) is 2.94. The van der Waals surface area contributed by atoms with Gasteiger partial charge in [-0.25, -0.2) is 4.39 Å². The normalized spacial score (nSPS) is 10.6. The van der Waals surface area contributed by atoms with Crippen LogP contribution in [0.5, 0.6) is 0 Å². The summed E-state index contributed by atoms with van der Waals surface area (Å²) in [4.78, 5) is 0. The maximum Gasteiger partial charge on any atom is 0.132 e. The fourth-order valence-electron chi connectivity index (χ4n) is 1.27. The minimum absolute atomic E-state index is 0.0558. The Kier molecular flexibility index (Phi) is 4.51. The summed E-state index contributed by atoms with van der Waals surface area (Å²) < 4.78 is 19.3. The molecular formula is C10H12BrFO2. The minimum Gasteiger partial charge on any atom is -0.396 e. The number of aliphatic hydroxyl groups excluding tert-OH is 1. The Morgan fingerprint density at radius 2 is 2.07 bits per heavy atom. The molecule has 0 spiro atoms. The molecule has 78 valence electrons. The zero-order chi connectivity index (χ0) is 10.6. The van der Waals surface area contributed by atoms with E-state index in [0.717, 1.165) is 4.47 Å². The molecule has 0 unspecified atom stereocenters. The van der Waals surface area contributed by atoms with Gasteiger partial charge in [-0.1, -0.05) is 15.9 Å². The molecule has 0 aromatic heterocycles. The predicted octanol–water partition coefficient (Wildman–Crippen LogP) is 2.27. The molecule has 0 bridgehead atoms. The van der Waals surface area contributed by atoms with Crippen LogP contribution in [0.15, 0.2) is 16.6 Å². The highest BCUT2D eigenvalue weighted by molar-refractivity contribution is 9.10. The van der Waals surface area contributed by atoms with Crippen molar-refractivity contribution >= 4 is 15.9 Å². The van der Waals surface area contributed by atoms with E-state index in [0.29, 0.717) is 17.5 Å². The van der Waals surface area contributed by atoms with Crippen molar-refractivity contribution in [2.24, 2.45) is 0 Å². The molecule has 0 aliphatic rings. The highest BCUT2D eigenvalue weighted by Gasteiger charge is 2.09. The van der Waals surface area contributed by atoms with Crippen molar-refractivity contribution in [3.05, 3.63) is 33.5 Å². The fourth-order valence-corrected chi connectivity index (χ4v) is 1.82. The lowest BCUT2D eigenvalue weighted by Crippen LogP contribution is -2.01. The van der Waals surface area contributed by atoms with Crippen LogP contribution in [0.25, 0.3) is 0 Å². The molecule has 0 heterocycles. The predicted molar refractivity (Wildman–Crippen MR) is 55.6 cm³/mol. The first-order valence-corrected chi connectivity index (χ1v) is 5.05. The third-order valence-corrected chi connectivity index (χ3v) is 2.33. The molecule has 0 fully saturated rings. The number of methoxy groups -OCH3 is 1. The Hall–Kier alpha value is -0.450. The Labute approximate surface area is 90.8 Å². The number of rotatable bonds is 4. The molecule has 0 saturated heterocycles. The molecule has 1 aromatic rings. The van der Waals surface area contributed by atoms with Gasteiger partial charge in [-0.05, 0) is 24.1 Å². The smallest absolute Gasteiger partial charge is 0.132 e. The van der Waals surface area contributed by atoms with Gasteiger partial charge in [0, 0.05) is 23.8 Å². The van der Waals surface area contributed by atoms with E-state index in [2.05, 4.69) is 15.9 Å². The van der Waals surface area contributed by atoms with Crippen LogP contribution in [0.3, 0.4) is 0 Å². The lowest BCUT2D eigenvalue weighted by molar-refractivity contribution is 0.181. The highest BCUT2D eigenvalue weighted by Crippen LogP contribution is 2.21. The van der Waals surface area contributed by atoms with E-state index >= 15 is 0 Å². The lowest BCUT2D eigenvalue weighted by Gasteiger charge is -2.07. The van der Waals surface area contributed by atoms with Gasteiger partial charge in [0.15, 0.2) is 0 Å². The average molecular weight is 263 g/mol. The molecule has 0 aliphatic carbocycles. The van der Waals surface area contributed by atoms with Crippen LogP contribution in [-0.2, 0) is 17.8 Å². The molecule has 0 amide bonds. The SMILES string of the molecule is COCc1cc(Br)cc(CCO)c1F. The second-order valence-corrected chi connectivity index (χ2v) is 3.86. The number of aliphatic hydroxyl groups is 1. The first-order valence-electron chi connectivity index (χ1n) is 4.25. The van der Waals surface area contributed by atoms with Crippen molar-refractivity contribution in [3.8, 4) is 0 Å². The van der Waals surface area contributed by atoms with Gasteiger partial charge < -0.3 is 9.84 Å². The summed E-state index contributed by atoms with van der Waals surface area (Å²) in [6.07, 6.45) is 0.321. The minimum atomic E-state index is -0.288. The van der Waals surface area contributed by atoms with E-state index in [4.69, 9.17) is 9.84 Å². The first-order chi connectivity index (χ1) is 6.69.